The summed E-state index contributed by atoms with van der Waals surface area (Å²) in [6.45, 7) is 2.12. The molecule has 0 aromatic heterocycles. The molecule has 92 valence electrons. The predicted octanol–water partition coefficient (Wildman–Crippen LogP) is 3.89. The lowest BCUT2D eigenvalue weighted by molar-refractivity contribution is -0.136. The Labute approximate surface area is 90.4 Å². The molecule has 0 heterocycles. The first-order valence-corrected chi connectivity index (χ1v) is 5.73. The number of nitrogens with one attached hydrogen (secondary N) is 1. The van der Waals surface area contributed by atoms with Crippen LogP contribution in [0.2, 0.25) is 0 Å². The smallest absolute Gasteiger partial charge is 0.317 e. The molecule has 0 aromatic carbocycles. The van der Waals surface area contributed by atoms with E-state index in [0.29, 0.717) is 0 Å². The molecule has 0 aliphatic carbocycles. The van der Waals surface area contributed by atoms with E-state index in [1.807, 2.05) is 0 Å². The lowest BCUT2D eigenvalue weighted by Gasteiger charge is -2.16. The minimum Gasteiger partial charge on any atom is -0.317 e. The minimum atomic E-state index is -4.02. The summed E-state index contributed by atoms with van der Waals surface area (Å²) < 4.78 is 35.9. The monoisotopic (exact) mass is 225 g/mol. The highest BCUT2D eigenvalue weighted by Gasteiger charge is 2.27. The fourth-order valence-electron chi connectivity index (χ4n) is 1.59. The predicted molar refractivity (Wildman–Crippen MR) is 56.9 cm³/mol. The van der Waals surface area contributed by atoms with Gasteiger partial charge in [0.1, 0.15) is 0 Å². The van der Waals surface area contributed by atoms with Gasteiger partial charge in [-0.15, -0.1) is 0 Å². The molecule has 1 N–H and O–H groups in total. The van der Waals surface area contributed by atoms with Gasteiger partial charge < -0.3 is 5.32 Å². The van der Waals surface area contributed by atoms with Crippen LogP contribution in [0.1, 0.15) is 51.9 Å². The SMILES string of the molecule is CCCCCCC(CCC(F)(F)F)NC. The lowest BCUT2D eigenvalue weighted by atomic mass is 10.0. The summed E-state index contributed by atoms with van der Waals surface area (Å²) in [6.07, 6.45) is 0.851. The van der Waals surface area contributed by atoms with E-state index in [4.69, 9.17) is 0 Å². The van der Waals surface area contributed by atoms with Crippen molar-refractivity contribution in [1.29, 1.82) is 0 Å². The first kappa shape index (κ1) is 14.8. The van der Waals surface area contributed by atoms with E-state index in [2.05, 4.69) is 12.2 Å². The van der Waals surface area contributed by atoms with Crippen LogP contribution in [0, 0.1) is 0 Å². The summed E-state index contributed by atoms with van der Waals surface area (Å²) in [5.41, 5.74) is 0. The van der Waals surface area contributed by atoms with Crippen LogP contribution in [0.5, 0.6) is 0 Å². The Bertz CT molecular complexity index is 145. The zero-order valence-electron chi connectivity index (χ0n) is 9.66. The lowest BCUT2D eigenvalue weighted by Crippen LogP contribution is -2.27. The van der Waals surface area contributed by atoms with Crippen LogP contribution in [0.15, 0.2) is 0 Å². The van der Waals surface area contributed by atoms with Crippen molar-refractivity contribution in [3.05, 3.63) is 0 Å². The van der Waals surface area contributed by atoms with E-state index in [1.54, 1.807) is 7.05 Å². The zero-order valence-corrected chi connectivity index (χ0v) is 9.66. The van der Waals surface area contributed by atoms with Gasteiger partial charge in [0.25, 0.3) is 0 Å². The number of hydrogen-bond donors (Lipinski definition) is 1. The summed E-state index contributed by atoms with van der Waals surface area (Å²) in [5.74, 6) is 0. The Hall–Kier alpha value is -0.250. The Morgan fingerprint density at radius 2 is 1.73 bits per heavy atom. The Kier molecular flexibility index (Phi) is 7.83. The van der Waals surface area contributed by atoms with Gasteiger partial charge in [0.15, 0.2) is 0 Å². The maximum atomic E-state index is 12.0. The van der Waals surface area contributed by atoms with Gasteiger partial charge >= 0.3 is 6.18 Å². The molecule has 15 heavy (non-hydrogen) atoms. The van der Waals surface area contributed by atoms with Gasteiger partial charge in [0.2, 0.25) is 0 Å². The molecule has 0 radical (unpaired) electrons. The van der Waals surface area contributed by atoms with Gasteiger partial charge in [-0.1, -0.05) is 32.6 Å². The molecule has 0 bridgehead atoms. The van der Waals surface area contributed by atoms with Gasteiger partial charge in [-0.3, -0.25) is 0 Å². The van der Waals surface area contributed by atoms with Gasteiger partial charge in [-0.05, 0) is 19.9 Å². The van der Waals surface area contributed by atoms with Crippen molar-refractivity contribution in [1.82, 2.24) is 5.32 Å². The second-order valence-corrected chi connectivity index (χ2v) is 3.99. The number of rotatable bonds is 8. The molecule has 0 aromatic rings. The van der Waals surface area contributed by atoms with Crippen molar-refractivity contribution >= 4 is 0 Å². The van der Waals surface area contributed by atoms with Gasteiger partial charge in [0.05, 0.1) is 0 Å². The minimum absolute atomic E-state index is 0.0171. The molecule has 0 aliphatic heterocycles. The van der Waals surface area contributed by atoms with Crippen molar-refractivity contribution in [3.8, 4) is 0 Å². The molecule has 0 amide bonds. The highest BCUT2D eigenvalue weighted by molar-refractivity contribution is 4.67. The third kappa shape index (κ3) is 10.0. The van der Waals surface area contributed by atoms with Crippen molar-refractivity contribution in [2.24, 2.45) is 0 Å². The van der Waals surface area contributed by atoms with Crippen LogP contribution < -0.4 is 5.32 Å². The molecule has 1 nitrogen and oxygen atoms in total. The van der Waals surface area contributed by atoms with Gasteiger partial charge in [0, 0.05) is 12.5 Å². The zero-order chi connectivity index (χ0) is 11.7. The van der Waals surface area contributed by atoms with E-state index in [0.717, 1.165) is 25.7 Å². The first-order valence-electron chi connectivity index (χ1n) is 5.73. The normalized spacial score (nSPS) is 14.2. The van der Waals surface area contributed by atoms with Crippen LogP contribution in [-0.2, 0) is 0 Å². The second kappa shape index (κ2) is 7.97. The van der Waals surface area contributed by atoms with Gasteiger partial charge in [-0.2, -0.15) is 13.2 Å². The number of halogens is 3. The van der Waals surface area contributed by atoms with Crippen LogP contribution in [0.25, 0.3) is 0 Å². The fourth-order valence-corrected chi connectivity index (χ4v) is 1.59. The number of unbranched alkanes of at least 4 members (excludes halogenated alkanes) is 3. The summed E-state index contributed by atoms with van der Waals surface area (Å²) in [6, 6.07) is 0.0171. The summed E-state index contributed by atoms with van der Waals surface area (Å²) >= 11 is 0. The van der Waals surface area contributed by atoms with Crippen LogP contribution >= 0.6 is 0 Å². The summed E-state index contributed by atoms with van der Waals surface area (Å²) in [7, 11) is 1.74. The quantitative estimate of drug-likeness (QED) is 0.618. The van der Waals surface area contributed by atoms with Crippen LogP contribution in [-0.4, -0.2) is 19.3 Å². The molecular weight excluding hydrogens is 203 g/mol. The topological polar surface area (TPSA) is 12.0 Å². The number of alkyl halides is 3. The number of hydrogen-bond acceptors (Lipinski definition) is 1. The molecule has 0 fully saturated rings. The standard InChI is InChI=1S/C11H22F3N/c1-3-4-5-6-7-10(15-2)8-9-11(12,13)14/h10,15H,3-9H2,1-2H3. The third-order valence-corrected chi connectivity index (χ3v) is 2.59. The fraction of sp³-hybridized carbons (Fsp3) is 1.00. The third-order valence-electron chi connectivity index (χ3n) is 2.59. The highest BCUT2D eigenvalue weighted by atomic mass is 19.4. The van der Waals surface area contributed by atoms with E-state index < -0.39 is 12.6 Å². The molecule has 0 aliphatic rings. The van der Waals surface area contributed by atoms with Gasteiger partial charge in [-0.25, -0.2) is 0 Å². The first-order chi connectivity index (χ1) is 6.99. The maximum Gasteiger partial charge on any atom is 0.389 e. The van der Waals surface area contributed by atoms with Crippen molar-refractivity contribution in [2.75, 3.05) is 7.05 Å². The van der Waals surface area contributed by atoms with E-state index in [1.165, 1.54) is 6.42 Å². The van der Waals surface area contributed by atoms with E-state index >= 15 is 0 Å². The molecule has 0 rings (SSSR count). The van der Waals surface area contributed by atoms with Crippen LogP contribution in [0.4, 0.5) is 13.2 Å². The highest BCUT2D eigenvalue weighted by Crippen LogP contribution is 2.23. The largest absolute Gasteiger partial charge is 0.389 e. The molecule has 0 saturated carbocycles. The van der Waals surface area contributed by atoms with Crippen LogP contribution in [0.3, 0.4) is 0 Å². The second-order valence-electron chi connectivity index (χ2n) is 3.99. The Morgan fingerprint density at radius 3 is 2.20 bits per heavy atom. The molecule has 4 heteroatoms. The Morgan fingerprint density at radius 1 is 1.07 bits per heavy atom. The molecule has 1 atom stereocenters. The average Bonchev–Trinajstić information content (AvgIpc) is 2.15. The molecule has 1 unspecified atom stereocenters. The maximum absolute atomic E-state index is 12.0. The van der Waals surface area contributed by atoms with Crippen molar-refractivity contribution in [2.45, 2.75) is 64.1 Å². The van der Waals surface area contributed by atoms with Crippen molar-refractivity contribution in [3.63, 3.8) is 0 Å². The van der Waals surface area contributed by atoms with Crippen molar-refractivity contribution < 1.29 is 13.2 Å². The average molecular weight is 225 g/mol. The van der Waals surface area contributed by atoms with E-state index in [-0.39, 0.29) is 12.5 Å². The molecular formula is C11H22F3N. The molecule has 0 spiro atoms. The Balaban J connectivity index is 3.55. The summed E-state index contributed by atoms with van der Waals surface area (Å²) in [5, 5.41) is 2.95. The molecule has 0 saturated heterocycles. The van der Waals surface area contributed by atoms with E-state index in [9.17, 15) is 13.2 Å². The summed E-state index contributed by atoms with van der Waals surface area (Å²) in [4.78, 5) is 0.